The highest BCUT2D eigenvalue weighted by Gasteiger charge is 2.45. The number of hydrogen-bond acceptors (Lipinski definition) is 2. The van der Waals surface area contributed by atoms with E-state index in [0.717, 1.165) is 17.7 Å². The van der Waals surface area contributed by atoms with E-state index >= 15 is 0 Å². The van der Waals surface area contributed by atoms with Gasteiger partial charge in [0.1, 0.15) is 5.82 Å². The van der Waals surface area contributed by atoms with Crippen LogP contribution in [0.5, 0.6) is 0 Å². The summed E-state index contributed by atoms with van der Waals surface area (Å²) in [5.74, 6) is -1.30. The van der Waals surface area contributed by atoms with E-state index in [1.54, 1.807) is 11.0 Å². The van der Waals surface area contributed by atoms with Gasteiger partial charge in [-0.15, -0.1) is 0 Å². The van der Waals surface area contributed by atoms with Gasteiger partial charge >= 0.3 is 0 Å². The first-order chi connectivity index (χ1) is 14.2. The maximum absolute atomic E-state index is 14.8. The van der Waals surface area contributed by atoms with Gasteiger partial charge in [0.25, 0.3) is 0 Å². The maximum atomic E-state index is 14.8. The fraction of sp³-hybridized carbons (Fsp3) is 0.360. The third-order valence-corrected chi connectivity index (χ3v) is 6.43. The van der Waals surface area contributed by atoms with Gasteiger partial charge < -0.3 is 0 Å². The van der Waals surface area contributed by atoms with Crippen molar-refractivity contribution in [2.45, 2.75) is 52.4 Å². The van der Waals surface area contributed by atoms with Crippen LogP contribution in [0.1, 0.15) is 57.1 Å². The average Bonchev–Trinajstić information content (AvgIpc) is 2.66. The third-order valence-electron chi connectivity index (χ3n) is 6.10. The number of benzene rings is 2. The van der Waals surface area contributed by atoms with Crippen LogP contribution in [0.2, 0.25) is 5.02 Å². The zero-order valence-corrected chi connectivity index (χ0v) is 18.2. The summed E-state index contributed by atoms with van der Waals surface area (Å²) in [7, 11) is 0. The molecule has 0 saturated carbocycles. The lowest BCUT2D eigenvalue weighted by molar-refractivity contribution is -0.121. The largest absolute Gasteiger partial charge is 0.294 e. The minimum Gasteiger partial charge on any atom is -0.294 e. The first-order valence-corrected chi connectivity index (χ1v) is 10.7. The molecule has 0 fully saturated rings. The second-order valence-corrected chi connectivity index (χ2v) is 9.31. The van der Waals surface area contributed by atoms with Crippen LogP contribution >= 0.6 is 11.6 Å². The number of ketones is 1. The van der Waals surface area contributed by atoms with Crippen LogP contribution in [-0.4, -0.2) is 11.7 Å². The molecule has 0 saturated heterocycles. The van der Waals surface area contributed by atoms with Gasteiger partial charge in [0, 0.05) is 40.6 Å². The Balaban J connectivity index is 1.97. The molecular weight excluding hydrogens is 401 g/mol. The van der Waals surface area contributed by atoms with E-state index in [-0.39, 0.29) is 34.1 Å². The quantitative estimate of drug-likeness (QED) is 0.586. The molecular formula is C25H25ClFNO2. The lowest BCUT2D eigenvalue weighted by Gasteiger charge is -2.43. The highest BCUT2D eigenvalue weighted by atomic mass is 35.5. The number of aryl methyl sites for hydroxylation is 1. The fourth-order valence-corrected chi connectivity index (χ4v) is 5.11. The molecule has 1 atom stereocenters. The molecule has 0 N–H and O–H groups in total. The van der Waals surface area contributed by atoms with Gasteiger partial charge in [-0.1, -0.05) is 56.6 Å². The highest BCUT2D eigenvalue weighted by molar-refractivity contribution is 6.31. The zero-order valence-electron chi connectivity index (χ0n) is 17.5. The van der Waals surface area contributed by atoms with Gasteiger partial charge in [0.05, 0.1) is 5.69 Å². The molecule has 1 aliphatic heterocycles. The Labute approximate surface area is 181 Å². The van der Waals surface area contributed by atoms with Crippen LogP contribution in [0, 0.1) is 11.2 Å². The lowest BCUT2D eigenvalue weighted by atomic mass is 9.69. The molecule has 2 aliphatic rings. The number of carbonyl (C=O) groups is 2. The van der Waals surface area contributed by atoms with Crippen molar-refractivity contribution in [1.29, 1.82) is 0 Å². The van der Waals surface area contributed by atoms with E-state index < -0.39 is 11.7 Å². The molecule has 3 nitrogen and oxygen atoms in total. The Morgan fingerprint density at radius 3 is 2.53 bits per heavy atom. The monoisotopic (exact) mass is 425 g/mol. The standard InChI is InChI=1S/C25H25ClFNO2/c1-4-15-8-5-6-11-19(15)28-20-13-25(2,3)14-21(29)24(20)16(12-22(28)30)23-17(26)9-7-10-18(23)27/h5-11,16H,4,12-14H2,1-3H3. The van der Waals surface area contributed by atoms with Crippen LogP contribution in [0.3, 0.4) is 0 Å². The molecule has 1 amide bonds. The summed E-state index contributed by atoms with van der Waals surface area (Å²) in [6, 6.07) is 12.3. The summed E-state index contributed by atoms with van der Waals surface area (Å²) < 4.78 is 14.8. The molecule has 1 aliphatic carbocycles. The predicted octanol–water partition coefficient (Wildman–Crippen LogP) is 6.21. The number of amides is 1. The van der Waals surface area contributed by atoms with Crippen molar-refractivity contribution < 1.29 is 14.0 Å². The van der Waals surface area contributed by atoms with Gasteiger partial charge in [0.15, 0.2) is 5.78 Å². The normalized spacial score (nSPS) is 21.1. The SMILES string of the molecule is CCc1ccccc1N1C(=O)CC(c2c(F)cccc2Cl)C2=C1CC(C)(C)CC2=O. The molecule has 2 aromatic carbocycles. The first-order valence-electron chi connectivity index (χ1n) is 10.3. The summed E-state index contributed by atoms with van der Waals surface area (Å²) in [5.41, 5.74) is 3.04. The number of nitrogens with zero attached hydrogens (tertiary/aromatic N) is 1. The number of hydrogen-bond donors (Lipinski definition) is 0. The van der Waals surface area contributed by atoms with E-state index in [1.165, 1.54) is 12.1 Å². The minimum absolute atomic E-state index is 0.0176. The number of allylic oxidation sites excluding steroid dienone is 2. The second-order valence-electron chi connectivity index (χ2n) is 8.90. The molecule has 4 rings (SSSR count). The molecule has 1 heterocycles. The molecule has 30 heavy (non-hydrogen) atoms. The predicted molar refractivity (Wildman–Crippen MR) is 117 cm³/mol. The summed E-state index contributed by atoms with van der Waals surface area (Å²) in [5, 5.41) is 0.250. The molecule has 0 radical (unpaired) electrons. The summed E-state index contributed by atoms with van der Waals surface area (Å²) >= 11 is 6.35. The highest BCUT2D eigenvalue weighted by Crippen LogP contribution is 2.49. The summed E-state index contributed by atoms with van der Waals surface area (Å²) in [4.78, 5) is 28.5. The van der Waals surface area contributed by atoms with Gasteiger partial charge in [-0.25, -0.2) is 4.39 Å². The Bertz CT molecular complexity index is 1050. The summed E-state index contributed by atoms with van der Waals surface area (Å²) in [6.07, 6.45) is 1.72. The van der Waals surface area contributed by atoms with Crippen molar-refractivity contribution in [3.63, 3.8) is 0 Å². The Morgan fingerprint density at radius 1 is 1.10 bits per heavy atom. The van der Waals surface area contributed by atoms with Crippen molar-refractivity contribution in [1.82, 2.24) is 0 Å². The van der Waals surface area contributed by atoms with Gasteiger partial charge in [-0.3, -0.25) is 14.5 Å². The van der Waals surface area contributed by atoms with Gasteiger partial charge in [0.2, 0.25) is 5.91 Å². The molecule has 1 unspecified atom stereocenters. The number of carbonyl (C=O) groups excluding carboxylic acids is 2. The topological polar surface area (TPSA) is 37.4 Å². The molecule has 0 spiro atoms. The van der Waals surface area contributed by atoms with E-state index in [1.807, 2.05) is 45.0 Å². The fourth-order valence-electron chi connectivity index (χ4n) is 4.81. The lowest BCUT2D eigenvalue weighted by Crippen LogP contribution is -2.44. The minimum atomic E-state index is -0.658. The Kier molecular flexibility index (Phi) is 5.31. The summed E-state index contributed by atoms with van der Waals surface area (Å²) in [6.45, 7) is 6.10. The van der Waals surface area contributed by atoms with E-state index in [0.29, 0.717) is 24.1 Å². The van der Waals surface area contributed by atoms with Crippen LogP contribution in [-0.2, 0) is 16.0 Å². The Hall–Kier alpha value is -2.46. The second kappa shape index (κ2) is 7.66. The number of para-hydroxylation sites is 1. The van der Waals surface area contributed by atoms with E-state index in [2.05, 4.69) is 0 Å². The van der Waals surface area contributed by atoms with Crippen LogP contribution in [0.4, 0.5) is 10.1 Å². The molecule has 156 valence electrons. The first kappa shape index (κ1) is 20.8. The van der Waals surface area contributed by atoms with E-state index in [4.69, 9.17) is 11.6 Å². The number of Topliss-reactive ketones (excluding diaryl/α,β-unsaturated/α-hetero) is 1. The number of anilines is 1. The van der Waals surface area contributed by atoms with E-state index in [9.17, 15) is 14.0 Å². The molecule has 2 aromatic rings. The van der Waals surface area contributed by atoms with Gasteiger partial charge in [-0.2, -0.15) is 0 Å². The third kappa shape index (κ3) is 3.47. The van der Waals surface area contributed by atoms with Gasteiger partial charge in [-0.05, 0) is 42.0 Å². The van der Waals surface area contributed by atoms with Crippen LogP contribution < -0.4 is 4.90 Å². The molecule has 0 bridgehead atoms. The van der Waals surface area contributed by atoms with Crippen LogP contribution in [0.15, 0.2) is 53.7 Å². The number of halogens is 2. The van der Waals surface area contributed by atoms with Crippen molar-refractivity contribution in [2.75, 3.05) is 4.90 Å². The van der Waals surface area contributed by atoms with Crippen LogP contribution in [0.25, 0.3) is 0 Å². The van der Waals surface area contributed by atoms with Crippen molar-refractivity contribution in [3.8, 4) is 0 Å². The Morgan fingerprint density at radius 2 is 1.83 bits per heavy atom. The maximum Gasteiger partial charge on any atom is 0.232 e. The van der Waals surface area contributed by atoms with Crippen molar-refractivity contribution >= 4 is 29.0 Å². The zero-order chi connectivity index (χ0) is 21.6. The number of rotatable bonds is 3. The average molecular weight is 426 g/mol. The smallest absolute Gasteiger partial charge is 0.232 e. The van der Waals surface area contributed by atoms with Crippen molar-refractivity contribution in [2.24, 2.45) is 5.41 Å². The van der Waals surface area contributed by atoms with Crippen molar-refractivity contribution in [3.05, 3.63) is 75.7 Å². The molecule has 0 aromatic heterocycles. The molecule has 5 heteroatoms.